The largest absolute Gasteiger partial charge is 0.277 e. The van der Waals surface area contributed by atoms with E-state index < -0.39 is 0 Å². The van der Waals surface area contributed by atoms with Crippen molar-refractivity contribution in [2.45, 2.75) is 0 Å². The molecule has 0 amide bonds. The van der Waals surface area contributed by atoms with Gasteiger partial charge in [-0.2, -0.15) is 0 Å². The highest BCUT2D eigenvalue weighted by Gasteiger charge is 2.25. The molecule has 0 aliphatic carbocycles. The fraction of sp³-hybridized carbons (Fsp3) is 0. The van der Waals surface area contributed by atoms with E-state index in [-0.39, 0.29) is 0 Å². The third-order valence-corrected chi connectivity index (χ3v) is 11.8. The maximum atomic E-state index is 5.19. The molecule has 6 aromatic heterocycles. The Labute approximate surface area is 379 Å². The molecular formula is C56H36N10. The predicted molar refractivity (Wildman–Crippen MR) is 261 cm³/mol. The highest BCUT2D eigenvalue weighted by atomic mass is 15.1. The lowest BCUT2D eigenvalue weighted by Gasteiger charge is -2.18. The topological polar surface area (TPSA) is 113 Å². The fourth-order valence-electron chi connectivity index (χ4n) is 8.92. The van der Waals surface area contributed by atoms with Crippen LogP contribution >= 0.6 is 0 Å². The molecule has 0 N–H and O–H groups in total. The second-order valence-electron chi connectivity index (χ2n) is 15.6. The number of hydrogen-bond donors (Lipinski definition) is 0. The normalized spacial score (nSPS) is 11.3. The SMILES string of the molecule is c1ccc(-n2c(-c3ccccc3-c3ccccc3-c3nccnc3-c3nccnc3-c3ccccc3-c3ccccc3-c3nc4cccnc4n3-c3ccccc3)nc3cccnc32)cc1. The van der Waals surface area contributed by atoms with Gasteiger partial charge in [0, 0.05) is 70.8 Å². The van der Waals surface area contributed by atoms with E-state index in [0.29, 0.717) is 22.8 Å². The first kappa shape index (κ1) is 38.4. The minimum atomic E-state index is 0.603. The summed E-state index contributed by atoms with van der Waals surface area (Å²) < 4.78 is 4.25. The molecule has 0 aliphatic rings. The van der Waals surface area contributed by atoms with Crippen molar-refractivity contribution >= 4 is 22.3 Å². The van der Waals surface area contributed by atoms with Crippen LogP contribution in [0.1, 0.15) is 0 Å². The van der Waals surface area contributed by atoms with Crippen LogP contribution in [0.15, 0.2) is 219 Å². The van der Waals surface area contributed by atoms with E-state index in [1.807, 2.05) is 97.3 Å². The van der Waals surface area contributed by atoms with Crippen LogP contribution in [0.5, 0.6) is 0 Å². The van der Waals surface area contributed by atoms with Gasteiger partial charge in [0.05, 0.1) is 11.4 Å². The Morgan fingerprint density at radius 3 is 0.955 bits per heavy atom. The van der Waals surface area contributed by atoms with Gasteiger partial charge < -0.3 is 0 Å². The maximum Gasteiger partial charge on any atom is 0.164 e. The molecule has 66 heavy (non-hydrogen) atoms. The molecule has 12 aromatic rings. The molecule has 6 heterocycles. The van der Waals surface area contributed by atoms with Crippen molar-refractivity contribution in [2.75, 3.05) is 0 Å². The summed E-state index contributed by atoms with van der Waals surface area (Å²) in [6.07, 6.45) is 10.5. The summed E-state index contributed by atoms with van der Waals surface area (Å²) >= 11 is 0. The van der Waals surface area contributed by atoms with E-state index in [4.69, 9.17) is 39.9 Å². The zero-order chi connectivity index (χ0) is 43.8. The first-order valence-corrected chi connectivity index (χ1v) is 21.6. The van der Waals surface area contributed by atoms with E-state index in [1.165, 1.54) is 0 Å². The molecule has 0 spiro atoms. The summed E-state index contributed by atoms with van der Waals surface area (Å²) in [4.78, 5) is 40.2. The average Bonchev–Trinajstić information content (AvgIpc) is 3.99. The molecule has 0 radical (unpaired) electrons. The standard InChI is InChI=1S/C56H36N10/c1-3-17-37(18-4-1)65-53(63-47-29-15-31-61-55(47)65)45-27-13-9-23-41(45)39-21-7-11-25-43(39)49-51(59-35-33-57-49)52-50(58-34-36-60-52)44-26-12-8-22-40(44)42-24-10-14-28-46(42)54-64-48-30-16-32-62-56(48)66(54)38-19-5-2-6-20-38/h1-36H. The summed E-state index contributed by atoms with van der Waals surface area (Å²) in [6.45, 7) is 0. The van der Waals surface area contributed by atoms with Crippen molar-refractivity contribution in [3.8, 4) is 90.3 Å². The molecule has 10 nitrogen and oxygen atoms in total. The Kier molecular flexibility index (Phi) is 9.57. The second kappa shape index (κ2) is 16.4. The van der Waals surface area contributed by atoms with E-state index in [2.05, 4.69) is 106 Å². The Morgan fingerprint density at radius 1 is 0.242 bits per heavy atom. The Bertz CT molecular complexity index is 3480. The third kappa shape index (κ3) is 6.60. The maximum absolute atomic E-state index is 5.19. The molecule has 0 unspecified atom stereocenters. The number of benzene rings is 6. The number of nitrogens with zero attached hydrogens (tertiary/aromatic N) is 10. The third-order valence-electron chi connectivity index (χ3n) is 11.8. The van der Waals surface area contributed by atoms with Gasteiger partial charge in [0.25, 0.3) is 0 Å². The van der Waals surface area contributed by atoms with Gasteiger partial charge in [0.1, 0.15) is 34.1 Å². The lowest BCUT2D eigenvalue weighted by molar-refractivity contribution is 1.08. The van der Waals surface area contributed by atoms with Crippen LogP contribution in [-0.2, 0) is 0 Å². The number of imidazole rings is 2. The van der Waals surface area contributed by atoms with Crippen LogP contribution in [0.3, 0.4) is 0 Å². The minimum Gasteiger partial charge on any atom is -0.277 e. The van der Waals surface area contributed by atoms with Gasteiger partial charge in [-0.3, -0.25) is 29.1 Å². The highest BCUT2D eigenvalue weighted by Crippen LogP contribution is 2.44. The number of pyridine rings is 2. The summed E-state index contributed by atoms with van der Waals surface area (Å²) in [7, 11) is 0. The highest BCUT2D eigenvalue weighted by molar-refractivity contribution is 5.98. The molecule has 0 fully saturated rings. The molecule has 0 atom stereocenters. The number of rotatable bonds is 9. The minimum absolute atomic E-state index is 0.603. The first-order valence-electron chi connectivity index (χ1n) is 21.6. The predicted octanol–water partition coefficient (Wildman–Crippen LogP) is 12.4. The van der Waals surface area contributed by atoms with Crippen molar-refractivity contribution in [1.29, 1.82) is 0 Å². The van der Waals surface area contributed by atoms with Gasteiger partial charge in [0.15, 0.2) is 11.3 Å². The van der Waals surface area contributed by atoms with Crippen LogP contribution in [0.25, 0.3) is 113 Å². The lowest BCUT2D eigenvalue weighted by Crippen LogP contribution is -2.02. The van der Waals surface area contributed by atoms with Crippen LogP contribution < -0.4 is 0 Å². The summed E-state index contributed by atoms with van der Waals surface area (Å²) in [5, 5.41) is 0. The molecule has 6 aromatic carbocycles. The lowest BCUT2D eigenvalue weighted by atomic mass is 9.90. The van der Waals surface area contributed by atoms with Gasteiger partial charge in [-0.25, -0.2) is 19.9 Å². The van der Waals surface area contributed by atoms with Gasteiger partial charge >= 0.3 is 0 Å². The quantitative estimate of drug-likeness (QED) is 0.141. The zero-order valence-corrected chi connectivity index (χ0v) is 35.3. The van der Waals surface area contributed by atoms with Gasteiger partial charge in [0.2, 0.25) is 0 Å². The van der Waals surface area contributed by atoms with E-state index in [1.54, 1.807) is 24.8 Å². The summed E-state index contributed by atoms with van der Waals surface area (Å²) in [5.74, 6) is 1.56. The summed E-state index contributed by atoms with van der Waals surface area (Å²) in [5.41, 5.74) is 15.2. The molecule has 0 bridgehead atoms. The van der Waals surface area contributed by atoms with Crippen molar-refractivity contribution < 1.29 is 0 Å². The number of aromatic nitrogens is 10. The average molecular weight is 849 g/mol. The fourth-order valence-corrected chi connectivity index (χ4v) is 8.92. The Hall–Kier alpha value is -9.28. The molecule has 12 rings (SSSR count). The van der Waals surface area contributed by atoms with Crippen LogP contribution in [0.4, 0.5) is 0 Å². The molecule has 0 saturated carbocycles. The van der Waals surface area contributed by atoms with Crippen LogP contribution in [0.2, 0.25) is 0 Å². The van der Waals surface area contributed by atoms with E-state index in [0.717, 1.165) is 89.9 Å². The van der Waals surface area contributed by atoms with Gasteiger partial charge in [-0.15, -0.1) is 0 Å². The molecular weight excluding hydrogens is 813 g/mol. The van der Waals surface area contributed by atoms with Crippen molar-refractivity contribution in [2.24, 2.45) is 0 Å². The molecule has 0 saturated heterocycles. The number of para-hydroxylation sites is 2. The van der Waals surface area contributed by atoms with Crippen molar-refractivity contribution in [1.82, 2.24) is 49.0 Å². The second-order valence-corrected chi connectivity index (χ2v) is 15.6. The smallest absolute Gasteiger partial charge is 0.164 e. The zero-order valence-electron chi connectivity index (χ0n) is 35.3. The number of hydrogen-bond acceptors (Lipinski definition) is 8. The van der Waals surface area contributed by atoms with Crippen molar-refractivity contribution in [3.63, 3.8) is 0 Å². The molecule has 310 valence electrons. The summed E-state index contributed by atoms with van der Waals surface area (Å²) in [6, 6.07) is 61.6. The van der Waals surface area contributed by atoms with Gasteiger partial charge in [-0.1, -0.05) is 133 Å². The van der Waals surface area contributed by atoms with Crippen LogP contribution in [0, 0.1) is 0 Å². The van der Waals surface area contributed by atoms with E-state index in [9.17, 15) is 0 Å². The van der Waals surface area contributed by atoms with Crippen LogP contribution in [-0.4, -0.2) is 49.0 Å². The Balaban J connectivity index is 1.01. The van der Waals surface area contributed by atoms with Gasteiger partial charge in [-0.05, 0) is 70.8 Å². The first-order chi connectivity index (χ1) is 32.8. The van der Waals surface area contributed by atoms with Crippen molar-refractivity contribution in [3.05, 3.63) is 219 Å². The molecule has 10 heteroatoms. The molecule has 0 aliphatic heterocycles. The van der Waals surface area contributed by atoms with E-state index >= 15 is 0 Å². The number of fused-ring (bicyclic) bond motifs is 2. The Morgan fingerprint density at radius 2 is 0.561 bits per heavy atom. The monoisotopic (exact) mass is 848 g/mol.